The van der Waals surface area contributed by atoms with Crippen LogP contribution in [-0.4, -0.2) is 37.1 Å². The highest BCUT2D eigenvalue weighted by Gasteiger charge is 2.09. The van der Waals surface area contributed by atoms with E-state index < -0.39 is 17.9 Å². The van der Waals surface area contributed by atoms with E-state index in [2.05, 4.69) is 17.4 Å². The lowest BCUT2D eigenvalue weighted by Crippen LogP contribution is -2.13. The number of rotatable bonds is 11. The maximum Gasteiger partial charge on any atom is 0.330 e. The minimum Gasteiger partial charge on any atom is -0.462 e. The second-order valence-electron chi connectivity index (χ2n) is 8.54. The van der Waals surface area contributed by atoms with Crippen LogP contribution in [0.25, 0.3) is 11.1 Å². The molecule has 3 rings (SSSR count). The van der Waals surface area contributed by atoms with Gasteiger partial charge in [-0.3, -0.25) is 14.4 Å². The molecule has 0 N–H and O–H groups in total. The fraction of sp³-hybridized carbons (Fsp3) is 0.219. The van der Waals surface area contributed by atoms with Gasteiger partial charge in [-0.15, -0.1) is 0 Å². The zero-order chi connectivity index (χ0) is 32.0. The van der Waals surface area contributed by atoms with Crippen LogP contribution >= 0.6 is 0 Å². The lowest BCUT2D eigenvalue weighted by atomic mass is 10.0. The average molecular weight is 565 g/mol. The molecule has 0 aliphatic carbocycles. The summed E-state index contributed by atoms with van der Waals surface area (Å²) in [6.45, 7) is 6.51. The quantitative estimate of drug-likeness (QED) is 0.119. The molecule has 0 amide bonds. The minimum absolute atomic E-state index is 0. The number of hydrogen-bond acceptors (Lipinski definition) is 9. The lowest BCUT2D eigenvalue weighted by molar-refractivity contribution is -0.149. The second kappa shape index (κ2) is 17.4. The van der Waals surface area contributed by atoms with E-state index in [1.54, 1.807) is 36.4 Å². The molecular weight excluding hydrogens is 526 g/mol. The first kappa shape index (κ1) is 30.3. The zero-order valence-corrected chi connectivity index (χ0v) is 23.0. The first-order valence-electron chi connectivity index (χ1n) is 13.7. The van der Waals surface area contributed by atoms with Gasteiger partial charge in [0.2, 0.25) is 0 Å². The first-order chi connectivity index (χ1) is 20.7. The molecule has 0 bridgehead atoms. The van der Waals surface area contributed by atoms with E-state index in [9.17, 15) is 19.2 Å². The van der Waals surface area contributed by atoms with Crippen LogP contribution in [0.5, 0.6) is 11.5 Å². The Kier molecular flexibility index (Phi) is 12.8. The van der Waals surface area contributed by atoms with Gasteiger partial charge in [-0.05, 0) is 60.9 Å². The van der Waals surface area contributed by atoms with Crippen LogP contribution in [0, 0.1) is 18.3 Å². The number of nitrogens with zero attached hydrogens (tertiary/aromatic N) is 1. The van der Waals surface area contributed by atoms with Gasteiger partial charge < -0.3 is 18.9 Å². The fourth-order valence-electron chi connectivity index (χ4n) is 3.21. The molecule has 0 atom stereocenters. The third-order valence-electron chi connectivity index (χ3n) is 5.24. The maximum absolute atomic E-state index is 11.6. The number of carbonyl (C=O) groups is 4. The van der Waals surface area contributed by atoms with Gasteiger partial charge in [0.15, 0.2) is 0 Å². The Labute approximate surface area is 243 Å². The molecule has 3 aromatic rings. The van der Waals surface area contributed by atoms with E-state index in [-0.39, 0.29) is 33.5 Å². The molecule has 0 unspecified atom stereocenters. The maximum atomic E-state index is 11.6. The Hall–Kier alpha value is -5.23. The monoisotopic (exact) mass is 564 g/mol. The third kappa shape index (κ3) is 12.9. The van der Waals surface area contributed by atoms with E-state index in [1.165, 1.54) is 6.92 Å². The van der Waals surface area contributed by atoms with Crippen LogP contribution in [0.3, 0.4) is 0 Å². The summed E-state index contributed by atoms with van der Waals surface area (Å²) >= 11 is 0. The Morgan fingerprint density at radius 3 is 1.88 bits per heavy atom. The van der Waals surface area contributed by atoms with Gasteiger partial charge in [0.05, 0.1) is 11.6 Å². The molecule has 216 valence electrons. The summed E-state index contributed by atoms with van der Waals surface area (Å²) in [4.78, 5) is 44.5. The van der Waals surface area contributed by atoms with Gasteiger partial charge in [0.1, 0.15) is 24.7 Å². The molecule has 0 saturated carbocycles. The molecule has 0 saturated heterocycles. The van der Waals surface area contributed by atoms with Crippen LogP contribution in [0.1, 0.15) is 41.7 Å². The number of benzene rings is 3. The third-order valence-corrected chi connectivity index (χ3v) is 5.24. The normalized spacial score (nSPS) is 9.88. The number of ether oxygens (including phenoxy) is 4. The van der Waals surface area contributed by atoms with Crippen molar-refractivity contribution in [2.45, 2.75) is 33.1 Å². The fourth-order valence-corrected chi connectivity index (χ4v) is 3.21. The van der Waals surface area contributed by atoms with Gasteiger partial charge in [0, 0.05) is 30.2 Å². The van der Waals surface area contributed by atoms with Crippen LogP contribution in [0.15, 0.2) is 85.5 Å². The molecule has 0 spiro atoms. The van der Waals surface area contributed by atoms with Crippen LogP contribution in [0.2, 0.25) is 0 Å². The summed E-state index contributed by atoms with van der Waals surface area (Å²) in [5.41, 5.74) is 3.74. The van der Waals surface area contributed by atoms with Crippen molar-refractivity contribution in [1.29, 1.82) is 5.26 Å². The number of aryl methyl sites for hydroxylation is 1. The van der Waals surface area contributed by atoms with E-state index >= 15 is 0 Å². The zero-order valence-electron chi connectivity index (χ0n) is 25.0. The Balaban J connectivity index is 0.000000795. The highest BCUT2D eigenvalue weighted by Crippen LogP contribution is 2.22. The van der Waals surface area contributed by atoms with E-state index in [0.29, 0.717) is 23.5 Å². The molecule has 0 heterocycles. The second-order valence-corrected chi connectivity index (χ2v) is 8.54. The number of carbonyl (C=O) groups excluding carboxylic acids is 4. The molecule has 0 aliphatic heterocycles. The molecular formula is C32H35NO8. The van der Waals surface area contributed by atoms with Crippen LogP contribution in [0.4, 0.5) is 0 Å². The summed E-state index contributed by atoms with van der Waals surface area (Å²) in [5.74, 6) is -0.752. The van der Waals surface area contributed by atoms with Gasteiger partial charge in [-0.1, -0.05) is 48.5 Å². The van der Waals surface area contributed by atoms with Crippen molar-refractivity contribution in [1.82, 2.24) is 0 Å². The summed E-state index contributed by atoms with van der Waals surface area (Å²) in [7, 11) is 0. The largest absolute Gasteiger partial charge is 0.462 e. The van der Waals surface area contributed by atoms with Crippen LogP contribution < -0.4 is 9.47 Å². The van der Waals surface area contributed by atoms with Crippen molar-refractivity contribution >= 4 is 23.9 Å². The molecule has 0 fully saturated rings. The number of nitriles is 1. The Bertz CT molecular complexity index is 1370. The standard InChI is InChI=1S/C17H20O6.C15H11NO2.2H2/c1-3-15(18)21-11-12-22-16(19)5-4-6-17(20)23-14-9-7-13(2)8-10-14;1-11(17)18-15-8-6-14(7-9-15)13-4-2-12(10-16)3-5-13;;/h3,7-10H,1,4-6,11-12H2,2H3;2-9H,1H3;2*1H/i;;1+1D;1+1. The first-order valence-corrected chi connectivity index (χ1v) is 12.7. The highest BCUT2D eigenvalue weighted by atomic mass is 16.6. The predicted octanol–water partition coefficient (Wildman–Crippen LogP) is 5.99. The van der Waals surface area contributed by atoms with Crippen molar-refractivity contribution in [2.75, 3.05) is 13.2 Å². The number of esters is 4. The van der Waals surface area contributed by atoms with E-state index in [4.69, 9.17) is 22.4 Å². The van der Waals surface area contributed by atoms with Crippen molar-refractivity contribution in [2.24, 2.45) is 0 Å². The summed E-state index contributed by atoms with van der Waals surface area (Å²) in [5, 5.41) is 8.72. The highest BCUT2D eigenvalue weighted by molar-refractivity contribution is 5.81. The van der Waals surface area contributed by atoms with E-state index in [0.717, 1.165) is 22.8 Å². The molecule has 41 heavy (non-hydrogen) atoms. The molecule has 9 heteroatoms. The van der Waals surface area contributed by atoms with Crippen molar-refractivity contribution < 1.29 is 42.5 Å². The smallest absolute Gasteiger partial charge is 0.330 e. The molecule has 0 aromatic heterocycles. The number of hydrogen-bond donors (Lipinski definition) is 0. The minimum atomic E-state index is -0.570. The summed E-state index contributed by atoms with van der Waals surface area (Å²) in [6.07, 6.45) is 1.57. The van der Waals surface area contributed by atoms with Crippen molar-refractivity contribution in [3.8, 4) is 28.7 Å². The SMILES string of the molecule is C=CC(=O)OCCOC(=O)CCCC(=O)Oc1ccc(C)cc1.CC(=O)Oc1ccc(-c2ccc(C#N)cc2)cc1.[2HH].[2H][2H]. The molecule has 3 aromatic carbocycles. The Morgan fingerprint density at radius 1 is 0.805 bits per heavy atom. The molecule has 0 radical (unpaired) electrons. The van der Waals surface area contributed by atoms with Crippen molar-refractivity contribution in [3.05, 3.63) is 96.6 Å². The van der Waals surface area contributed by atoms with Gasteiger partial charge in [-0.25, -0.2) is 4.79 Å². The van der Waals surface area contributed by atoms with Gasteiger partial charge in [-0.2, -0.15) is 5.26 Å². The van der Waals surface area contributed by atoms with E-state index in [1.807, 2.05) is 43.3 Å². The van der Waals surface area contributed by atoms with Gasteiger partial charge in [0.25, 0.3) is 0 Å². The summed E-state index contributed by atoms with van der Waals surface area (Å²) in [6, 6.07) is 23.8. The predicted molar refractivity (Wildman–Crippen MR) is 155 cm³/mol. The topological polar surface area (TPSA) is 129 Å². The lowest BCUT2D eigenvalue weighted by Gasteiger charge is -2.06. The van der Waals surface area contributed by atoms with Gasteiger partial charge >= 0.3 is 23.9 Å². The Morgan fingerprint density at radius 2 is 1.32 bits per heavy atom. The average Bonchev–Trinajstić information content (AvgIpc) is 3.02. The molecule has 9 nitrogen and oxygen atoms in total. The molecule has 0 aliphatic rings. The van der Waals surface area contributed by atoms with Crippen molar-refractivity contribution in [3.63, 3.8) is 0 Å². The van der Waals surface area contributed by atoms with Crippen LogP contribution in [-0.2, 0) is 28.7 Å². The summed E-state index contributed by atoms with van der Waals surface area (Å²) < 4.78 is 29.6.